The lowest BCUT2D eigenvalue weighted by Crippen LogP contribution is -2.18. The molecule has 0 atom stereocenters. The van der Waals surface area contributed by atoms with Gasteiger partial charge in [0, 0.05) is 23.8 Å². The molecule has 30 heavy (non-hydrogen) atoms. The van der Waals surface area contributed by atoms with Crippen molar-refractivity contribution in [2.24, 2.45) is 5.16 Å². The van der Waals surface area contributed by atoms with Gasteiger partial charge in [-0.3, -0.25) is 0 Å². The number of carbonyl (C=O) groups is 1. The number of oxime groups is 1. The van der Waals surface area contributed by atoms with E-state index in [1.54, 1.807) is 31.2 Å². The van der Waals surface area contributed by atoms with Gasteiger partial charge in [0.1, 0.15) is 25.6 Å². The van der Waals surface area contributed by atoms with Crippen LogP contribution in [-0.2, 0) is 16.2 Å². The summed E-state index contributed by atoms with van der Waals surface area (Å²) in [5, 5.41) is 13.2. The minimum absolute atomic E-state index is 0.0166. The second kappa shape index (κ2) is 11.4. The van der Waals surface area contributed by atoms with Gasteiger partial charge >= 0.3 is 5.97 Å². The third kappa shape index (κ3) is 6.60. The Balaban J connectivity index is 2.20. The normalized spacial score (nSPS) is 11.0. The fourth-order valence-electron chi connectivity index (χ4n) is 2.32. The van der Waals surface area contributed by atoms with Crippen molar-refractivity contribution < 1.29 is 33.0 Å². The molecule has 0 saturated heterocycles. The third-order valence-electron chi connectivity index (χ3n) is 3.59. The van der Waals surface area contributed by atoms with E-state index in [-0.39, 0.29) is 40.5 Å². The summed E-state index contributed by atoms with van der Waals surface area (Å²) >= 11 is 12.2. The molecule has 6 nitrogen and oxygen atoms in total. The van der Waals surface area contributed by atoms with Crippen molar-refractivity contribution in [3.63, 3.8) is 0 Å². The fourth-order valence-corrected chi connectivity index (χ4v) is 2.89. The molecule has 0 fully saturated rings. The molecule has 0 bridgehead atoms. The predicted molar refractivity (Wildman–Crippen MR) is 109 cm³/mol. The van der Waals surface area contributed by atoms with Gasteiger partial charge in [-0.2, -0.15) is 8.78 Å². The van der Waals surface area contributed by atoms with Gasteiger partial charge in [-0.25, -0.2) is 4.79 Å². The van der Waals surface area contributed by atoms with E-state index in [4.69, 9.17) is 37.5 Å². The van der Waals surface area contributed by atoms with E-state index in [1.807, 2.05) is 0 Å². The summed E-state index contributed by atoms with van der Waals surface area (Å²) in [7, 11) is 0. The van der Waals surface area contributed by atoms with E-state index in [2.05, 4.69) is 5.16 Å². The zero-order chi connectivity index (χ0) is 22.1. The van der Waals surface area contributed by atoms with Crippen molar-refractivity contribution in [2.75, 3.05) is 13.2 Å². The maximum atomic E-state index is 12.1. The van der Waals surface area contributed by atoms with Crippen LogP contribution in [0.5, 0.6) is 11.5 Å². The lowest BCUT2D eigenvalue weighted by molar-refractivity contribution is -0.129. The Hall–Kier alpha value is -2.84. The largest absolute Gasteiger partial charge is 0.489 e. The van der Waals surface area contributed by atoms with E-state index in [9.17, 15) is 18.7 Å². The minimum atomic E-state index is -1.88. The van der Waals surface area contributed by atoms with Crippen LogP contribution in [0.2, 0.25) is 10.0 Å². The van der Waals surface area contributed by atoms with Gasteiger partial charge in [0.2, 0.25) is 0 Å². The van der Waals surface area contributed by atoms with Gasteiger partial charge in [0.05, 0.1) is 10.0 Å². The van der Waals surface area contributed by atoms with Crippen molar-refractivity contribution in [3.8, 4) is 11.5 Å². The monoisotopic (exact) mass is 459 g/mol. The van der Waals surface area contributed by atoms with E-state index < -0.39 is 18.7 Å². The predicted octanol–water partition coefficient (Wildman–Crippen LogP) is 5.56. The summed E-state index contributed by atoms with van der Waals surface area (Å²) in [5.41, 5.74) is 0.606. The highest BCUT2D eigenvalue weighted by Crippen LogP contribution is 2.37. The van der Waals surface area contributed by atoms with Gasteiger partial charge < -0.3 is 19.4 Å². The Morgan fingerprint density at radius 2 is 1.83 bits per heavy atom. The van der Waals surface area contributed by atoms with Crippen LogP contribution in [0.15, 0.2) is 53.7 Å². The molecular weight excluding hydrogens is 443 g/mol. The quantitative estimate of drug-likeness (QED) is 0.371. The summed E-state index contributed by atoms with van der Waals surface area (Å²) in [6, 6.07) is 9.46. The lowest BCUT2D eigenvalue weighted by atomic mass is 10.0. The highest BCUT2D eigenvalue weighted by molar-refractivity contribution is 6.42. The molecular formula is C20H17Cl2F2NO5. The summed E-state index contributed by atoms with van der Waals surface area (Å²) in [6.07, 6.45) is -1.30. The number of rotatable bonds is 10. The van der Waals surface area contributed by atoms with Crippen molar-refractivity contribution in [1.29, 1.82) is 0 Å². The Bertz CT molecular complexity index is 939. The molecule has 2 aromatic carbocycles. The second-order valence-electron chi connectivity index (χ2n) is 5.63. The second-order valence-corrected chi connectivity index (χ2v) is 6.44. The van der Waals surface area contributed by atoms with Crippen LogP contribution < -0.4 is 9.47 Å². The Morgan fingerprint density at radius 1 is 1.17 bits per heavy atom. The van der Waals surface area contributed by atoms with Gasteiger partial charge in [-0.15, -0.1) is 0 Å². The zero-order valence-electron chi connectivity index (χ0n) is 15.7. The molecule has 0 aliphatic rings. The van der Waals surface area contributed by atoms with E-state index in [1.165, 1.54) is 12.1 Å². The molecule has 2 aromatic rings. The number of halogens is 4. The first kappa shape index (κ1) is 23.4. The number of carboxylic acid groups (broad SMARTS) is 1. The maximum absolute atomic E-state index is 12.1. The number of nitrogens with zero attached hydrogens (tertiary/aromatic N) is 1. The highest BCUT2D eigenvalue weighted by Gasteiger charge is 2.18. The maximum Gasteiger partial charge on any atom is 0.358 e. The minimum Gasteiger partial charge on any atom is -0.489 e. The van der Waals surface area contributed by atoms with Crippen LogP contribution in [0.4, 0.5) is 8.78 Å². The van der Waals surface area contributed by atoms with Crippen molar-refractivity contribution in [1.82, 2.24) is 0 Å². The first-order valence-electron chi connectivity index (χ1n) is 8.60. The number of ether oxygens (including phenoxy) is 2. The van der Waals surface area contributed by atoms with Crippen LogP contribution in [0, 0.1) is 0 Å². The zero-order valence-corrected chi connectivity index (χ0v) is 17.2. The number of benzene rings is 2. The number of hydrogen-bond acceptors (Lipinski definition) is 5. The number of carboxylic acids is 1. The lowest BCUT2D eigenvalue weighted by Gasteiger charge is -2.13. The molecule has 0 radical (unpaired) electrons. The standard InChI is InChI=1S/C20H17Cl2F2NO5/c1-2-30-25-18(20(26)27)14-6-4-3-5-12(14)11-29-13-9-15(21)19(16(22)10-13)28-8-7-17(23)24/h3-7,9-10H,2,8,11H2,1H3,(H,26,27). The van der Waals surface area contributed by atoms with E-state index in [0.717, 1.165) is 0 Å². The first-order valence-corrected chi connectivity index (χ1v) is 9.36. The molecule has 0 saturated carbocycles. The third-order valence-corrected chi connectivity index (χ3v) is 4.15. The topological polar surface area (TPSA) is 77.4 Å². The van der Waals surface area contributed by atoms with E-state index in [0.29, 0.717) is 17.2 Å². The molecule has 0 aliphatic carbocycles. The van der Waals surface area contributed by atoms with Crippen LogP contribution in [0.25, 0.3) is 0 Å². The summed E-state index contributed by atoms with van der Waals surface area (Å²) in [5.74, 6) is -0.930. The Morgan fingerprint density at radius 3 is 2.43 bits per heavy atom. The van der Waals surface area contributed by atoms with Crippen LogP contribution in [-0.4, -0.2) is 30.0 Å². The Labute approximate surface area is 181 Å². The van der Waals surface area contributed by atoms with Gasteiger partial charge in [-0.1, -0.05) is 52.6 Å². The number of hydrogen-bond donors (Lipinski definition) is 1. The first-order chi connectivity index (χ1) is 14.3. The summed E-state index contributed by atoms with van der Waals surface area (Å²) in [6.45, 7) is 1.49. The molecule has 0 aliphatic heterocycles. The smallest absolute Gasteiger partial charge is 0.358 e. The van der Waals surface area contributed by atoms with Crippen LogP contribution in [0.1, 0.15) is 18.1 Å². The van der Waals surface area contributed by atoms with Crippen molar-refractivity contribution in [3.05, 3.63) is 69.7 Å². The Kier molecular flexibility index (Phi) is 8.89. The summed E-state index contributed by atoms with van der Waals surface area (Å²) < 4.78 is 35.1. The highest BCUT2D eigenvalue weighted by atomic mass is 35.5. The molecule has 2 rings (SSSR count). The SMILES string of the molecule is CCON=C(C(=O)O)c1ccccc1COc1cc(Cl)c(OCC=C(F)F)c(Cl)c1. The molecule has 0 unspecified atom stereocenters. The van der Waals surface area contributed by atoms with Crippen LogP contribution in [0.3, 0.4) is 0 Å². The molecule has 0 spiro atoms. The average Bonchev–Trinajstić information content (AvgIpc) is 2.69. The van der Waals surface area contributed by atoms with Crippen LogP contribution >= 0.6 is 23.2 Å². The molecule has 0 aromatic heterocycles. The van der Waals surface area contributed by atoms with Gasteiger partial charge in [0.15, 0.2) is 11.5 Å². The summed E-state index contributed by atoms with van der Waals surface area (Å²) in [4.78, 5) is 16.4. The van der Waals surface area contributed by atoms with Crippen molar-refractivity contribution in [2.45, 2.75) is 13.5 Å². The molecule has 160 valence electrons. The van der Waals surface area contributed by atoms with Gasteiger partial charge in [0.25, 0.3) is 6.08 Å². The number of aliphatic carboxylic acids is 1. The average molecular weight is 460 g/mol. The fraction of sp³-hybridized carbons (Fsp3) is 0.200. The molecule has 0 amide bonds. The molecule has 10 heteroatoms. The van der Waals surface area contributed by atoms with Gasteiger partial charge in [-0.05, 0) is 12.5 Å². The molecule has 0 heterocycles. The molecule has 1 N–H and O–H groups in total. The van der Waals surface area contributed by atoms with E-state index >= 15 is 0 Å². The van der Waals surface area contributed by atoms with Crippen molar-refractivity contribution >= 4 is 34.9 Å².